The summed E-state index contributed by atoms with van der Waals surface area (Å²) in [4.78, 5) is 28.1. The molecule has 3 aromatic rings. The van der Waals surface area contributed by atoms with Crippen molar-refractivity contribution in [2.75, 3.05) is 11.4 Å². The Balaban J connectivity index is 1.82. The number of fused-ring (bicyclic) bond motifs is 3. The predicted molar refractivity (Wildman–Crippen MR) is 124 cm³/mol. The molecule has 2 heterocycles. The Hall–Kier alpha value is -2.83. The minimum Gasteiger partial charge on any atom is -0.329 e. The van der Waals surface area contributed by atoms with Gasteiger partial charge in [0.2, 0.25) is 5.91 Å². The second-order valence-corrected chi connectivity index (χ2v) is 8.97. The Morgan fingerprint density at radius 1 is 1.00 bits per heavy atom. The SMILES string of the molecule is CC(C)N(CC(=O)N1c2ccccc2-n2cccc2[C@H]1c1ccc(F)cc1)C(=O)C(Cl)Cl. The molecule has 1 aromatic heterocycles. The summed E-state index contributed by atoms with van der Waals surface area (Å²) in [5.41, 5.74) is 3.15. The van der Waals surface area contributed by atoms with E-state index in [4.69, 9.17) is 23.2 Å². The second-order valence-electron chi connectivity index (χ2n) is 7.87. The number of carbonyl (C=O) groups is 2. The standard InChI is InChI=1S/C24H22Cl2FN3O2/c1-15(2)29(24(32)23(25)26)14-21(31)30-19-7-4-3-6-18(19)28-13-5-8-20(28)22(30)16-9-11-17(27)12-10-16/h3-13,15,22-23H,14H2,1-2H3/t22-/m1/s1. The number of para-hydroxylation sites is 2. The molecule has 0 bridgehead atoms. The normalized spacial score (nSPS) is 15.0. The van der Waals surface area contributed by atoms with E-state index in [-0.39, 0.29) is 24.3 Å². The lowest BCUT2D eigenvalue weighted by atomic mass is 9.97. The van der Waals surface area contributed by atoms with Crippen molar-refractivity contribution in [1.29, 1.82) is 0 Å². The van der Waals surface area contributed by atoms with E-state index in [0.29, 0.717) is 5.69 Å². The Morgan fingerprint density at radius 2 is 1.66 bits per heavy atom. The quantitative estimate of drug-likeness (QED) is 0.484. The van der Waals surface area contributed by atoms with Crippen molar-refractivity contribution >= 4 is 40.7 Å². The zero-order chi connectivity index (χ0) is 23.0. The minimum atomic E-state index is -1.26. The van der Waals surface area contributed by atoms with Gasteiger partial charge in [0.15, 0.2) is 4.84 Å². The van der Waals surface area contributed by atoms with Gasteiger partial charge >= 0.3 is 0 Å². The molecule has 32 heavy (non-hydrogen) atoms. The van der Waals surface area contributed by atoms with Crippen LogP contribution in [-0.2, 0) is 9.59 Å². The van der Waals surface area contributed by atoms with Crippen LogP contribution < -0.4 is 4.90 Å². The van der Waals surface area contributed by atoms with Crippen molar-refractivity contribution < 1.29 is 14.0 Å². The number of rotatable bonds is 5. The molecule has 0 fully saturated rings. The maximum absolute atomic E-state index is 13.7. The number of anilines is 1. The summed E-state index contributed by atoms with van der Waals surface area (Å²) < 4.78 is 15.7. The molecule has 166 valence electrons. The minimum absolute atomic E-state index is 0.195. The zero-order valence-electron chi connectivity index (χ0n) is 17.6. The average molecular weight is 474 g/mol. The van der Waals surface area contributed by atoms with Gasteiger partial charge in [-0.3, -0.25) is 14.5 Å². The summed E-state index contributed by atoms with van der Waals surface area (Å²) in [6.07, 6.45) is 1.93. The number of amides is 2. The van der Waals surface area contributed by atoms with Crippen LogP contribution in [0.5, 0.6) is 0 Å². The Labute approximate surface area is 195 Å². The highest BCUT2D eigenvalue weighted by molar-refractivity contribution is 6.53. The summed E-state index contributed by atoms with van der Waals surface area (Å²) in [5, 5.41) is 0. The molecule has 0 unspecified atom stereocenters. The molecule has 1 aliphatic rings. The third-order valence-corrected chi connectivity index (χ3v) is 5.95. The van der Waals surface area contributed by atoms with E-state index in [9.17, 15) is 14.0 Å². The van der Waals surface area contributed by atoms with Gasteiger partial charge in [-0.05, 0) is 55.8 Å². The van der Waals surface area contributed by atoms with Crippen molar-refractivity contribution in [3.8, 4) is 5.69 Å². The molecule has 0 radical (unpaired) electrons. The summed E-state index contributed by atoms with van der Waals surface area (Å²) in [6.45, 7) is 3.40. The highest BCUT2D eigenvalue weighted by Crippen LogP contribution is 2.42. The van der Waals surface area contributed by atoms with Crippen LogP contribution in [-0.4, -0.2) is 38.7 Å². The van der Waals surface area contributed by atoms with Crippen LogP contribution in [0.4, 0.5) is 10.1 Å². The van der Waals surface area contributed by atoms with Gasteiger partial charge in [-0.25, -0.2) is 4.39 Å². The molecule has 2 amide bonds. The fraction of sp³-hybridized carbons (Fsp3) is 0.250. The summed E-state index contributed by atoms with van der Waals surface area (Å²) in [7, 11) is 0. The molecule has 8 heteroatoms. The van der Waals surface area contributed by atoms with E-state index in [1.807, 2.05) is 47.2 Å². The largest absolute Gasteiger partial charge is 0.329 e. The third kappa shape index (κ3) is 4.00. The first kappa shape index (κ1) is 22.4. The van der Waals surface area contributed by atoms with Crippen LogP contribution in [0, 0.1) is 5.82 Å². The third-order valence-electron chi connectivity index (χ3n) is 5.57. The van der Waals surface area contributed by atoms with Crippen molar-refractivity contribution in [3.05, 3.63) is 83.9 Å². The Kier molecular flexibility index (Phi) is 6.26. The monoisotopic (exact) mass is 473 g/mol. The molecular weight excluding hydrogens is 452 g/mol. The van der Waals surface area contributed by atoms with Crippen LogP contribution in [0.1, 0.15) is 31.1 Å². The van der Waals surface area contributed by atoms with Gasteiger partial charge in [0.1, 0.15) is 18.4 Å². The maximum atomic E-state index is 13.7. The van der Waals surface area contributed by atoms with Crippen LogP contribution in [0.3, 0.4) is 0 Å². The van der Waals surface area contributed by atoms with Gasteiger partial charge in [-0.2, -0.15) is 0 Å². The fourth-order valence-corrected chi connectivity index (χ4v) is 4.34. The van der Waals surface area contributed by atoms with Gasteiger partial charge in [0.05, 0.1) is 17.1 Å². The van der Waals surface area contributed by atoms with E-state index in [1.165, 1.54) is 17.0 Å². The van der Waals surface area contributed by atoms with Crippen LogP contribution in [0.15, 0.2) is 66.9 Å². The molecule has 5 nitrogen and oxygen atoms in total. The number of hydrogen-bond donors (Lipinski definition) is 0. The number of carbonyl (C=O) groups excluding carboxylic acids is 2. The van der Waals surface area contributed by atoms with Gasteiger partial charge in [0, 0.05) is 12.2 Å². The van der Waals surface area contributed by atoms with E-state index in [0.717, 1.165) is 16.9 Å². The van der Waals surface area contributed by atoms with E-state index >= 15 is 0 Å². The molecule has 0 spiro atoms. The van der Waals surface area contributed by atoms with Gasteiger partial charge in [-0.15, -0.1) is 0 Å². The predicted octanol–water partition coefficient (Wildman–Crippen LogP) is 5.09. The lowest BCUT2D eigenvalue weighted by Crippen LogP contribution is -2.49. The summed E-state index contributed by atoms with van der Waals surface area (Å²) in [6, 6.07) is 16.7. The molecule has 4 rings (SSSR count). The first-order chi connectivity index (χ1) is 15.3. The smallest absolute Gasteiger partial charge is 0.256 e. The number of benzene rings is 2. The number of nitrogens with zero attached hydrogens (tertiary/aromatic N) is 3. The Morgan fingerprint density at radius 3 is 2.28 bits per heavy atom. The molecule has 0 aliphatic carbocycles. The van der Waals surface area contributed by atoms with Crippen LogP contribution >= 0.6 is 23.2 Å². The summed E-state index contributed by atoms with van der Waals surface area (Å²) in [5.74, 6) is -1.18. The molecule has 0 N–H and O–H groups in total. The molecular formula is C24H22Cl2FN3O2. The average Bonchev–Trinajstić information content (AvgIpc) is 3.26. The number of halogens is 3. The van der Waals surface area contributed by atoms with Gasteiger partial charge < -0.3 is 9.47 Å². The topological polar surface area (TPSA) is 45.6 Å². The first-order valence-electron chi connectivity index (χ1n) is 10.2. The molecule has 1 atom stereocenters. The molecule has 0 saturated heterocycles. The lowest BCUT2D eigenvalue weighted by molar-refractivity contribution is -0.135. The fourth-order valence-electron chi connectivity index (χ4n) is 4.08. The van der Waals surface area contributed by atoms with Crippen molar-refractivity contribution in [2.24, 2.45) is 0 Å². The lowest BCUT2D eigenvalue weighted by Gasteiger charge is -2.40. The highest BCUT2D eigenvalue weighted by atomic mass is 35.5. The molecule has 1 aliphatic heterocycles. The first-order valence-corrected chi connectivity index (χ1v) is 11.1. The molecule has 2 aromatic carbocycles. The van der Waals surface area contributed by atoms with Crippen LogP contribution in [0.25, 0.3) is 5.69 Å². The van der Waals surface area contributed by atoms with Gasteiger partial charge in [-0.1, -0.05) is 47.5 Å². The van der Waals surface area contributed by atoms with E-state index in [2.05, 4.69) is 0 Å². The van der Waals surface area contributed by atoms with Gasteiger partial charge in [0.25, 0.3) is 5.91 Å². The Bertz CT molecular complexity index is 1140. The highest BCUT2D eigenvalue weighted by Gasteiger charge is 2.37. The van der Waals surface area contributed by atoms with E-state index < -0.39 is 16.8 Å². The van der Waals surface area contributed by atoms with E-state index in [1.54, 1.807) is 30.9 Å². The van der Waals surface area contributed by atoms with Crippen molar-refractivity contribution in [1.82, 2.24) is 9.47 Å². The maximum Gasteiger partial charge on any atom is 0.256 e. The second kappa shape index (κ2) is 8.96. The summed E-state index contributed by atoms with van der Waals surface area (Å²) >= 11 is 11.6. The number of hydrogen-bond acceptors (Lipinski definition) is 2. The molecule has 0 saturated carbocycles. The zero-order valence-corrected chi connectivity index (χ0v) is 19.1. The van der Waals surface area contributed by atoms with Crippen molar-refractivity contribution in [3.63, 3.8) is 0 Å². The van der Waals surface area contributed by atoms with Crippen molar-refractivity contribution in [2.45, 2.75) is 30.8 Å². The number of aromatic nitrogens is 1. The van der Waals surface area contributed by atoms with Crippen LogP contribution in [0.2, 0.25) is 0 Å². The number of alkyl halides is 2.